The molecule has 1 amide bonds. The predicted molar refractivity (Wildman–Crippen MR) is 130 cm³/mol. The lowest BCUT2D eigenvalue weighted by atomic mass is 10.1. The number of benzene rings is 1. The zero-order chi connectivity index (χ0) is 21.9. The van der Waals surface area contributed by atoms with E-state index < -0.39 is 0 Å². The van der Waals surface area contributed by atoms with E-state index in [0.717, 1.165) is 39.8 Å². The van der Waals surface area contributed by atoms with Crippen LogP contribution in [-0.2, 0) is 4.79 Å². The summed E-state index contributed by atoms with van der Waals surface area (Å²) in [5.74, 6) is 0.334. The zero-order valence-electron chi connectivity index (χ0n) is 16.9. The normalized spacial score (nSPS) is 13.6. The minimum Gasteiger partial charge on any atom is -0.312 e. The summed E-state index contributed by atoms with van der Waals surface area (Å²) in [5.41, 5.74) is 2.99. The maximum atomic E-state index is 12.7. The number of thioether (sulfide) groups is 1. The van der Waals surface area contributed by atoms with Crippen molar-refractivity contribution in [2.45, 2.75) is 18.0 Å². The number of hydrogen-bond acceptors (Lipinski definition) is 8. The van der Waals surface area contributed by atoms with Crippen molar-refractivity contribution in [3.05, 3.63) is 64.9 Å². The quantitative estimate of drug-likeness (QED) is 0.260. The predicted octanol–water partition coefficient (Wildman–Crippen LogP) is 5.43. The SMILES string of the molecule is O=C(CSc1nnc(-c2cccs2)c(-c2cccs2)n1)c1ccc(N2CCCC2=O)cc1. The van der Waals surface area contributed by atoms with Gasteiger partial charge in [0.05, 0.1) is 15.5 Å². The molecule has 0 bridgehead atoms. The molecule has 3 aromatic heterocycles. The van der Waals surface area contributed by atoms with Gasteiger partial charge in [0.25, 0.3) is 0 Å². The fourth-order valence-corrected chi connectivity index (χ4v) is 5.60. The van der Waals surface area contributed by atoms with Crippen LogP contribution in [0.1, 0.15) is 23.2 Å². The molecule has 0 aliphatic carbocycles. The van der Waals surface area contributed by atoms with Gasteiger partial charge >= 0.3 is 0 Å². The number of ketones is 1. The molecule has 0 atom stereocenters. The summed E-state index contributed by atoms with van der Waals surface area (Å²) < 4.78 is 0. The first-order valence-corrected chi connectivity index (χ1v) is 12.8. The molecule has 1 aromatic carbocycles. The molecule has 4 heterocycles. The second-order valence-electron chi connectivity index (χ2n) is 7.15. The van der Waals surface area contributed by atoms with Gasteiger partial charge in [-0.1, -0.05) is 23.9 Å². The largest absolute Gasteiger partial charge is 0.312 e. The summed E-state index contributed by atoms with van der Waals surface area (Å²) in [7, 11) is 0. The first kappa shape index (κ1) is 21.0. The van der Waals surface area contributed by atoms with Crippen molar-refractivity contribution >= 4 is 51.8 Å². The van der Waals surface area contributed by atoms with Gasteiger partial charge in [0.2, 0.25) is 11.1 Å². The highest BCUT2D eigenvalue weighted by Gasteiger charge is 2.22. The van der Waals surface area contributed by atoms with E-state index in [1.807, 2.05) is 47.2 Å². The second-order valence-corrected chi connectivity index (χ2v) is 9.99. The monoisotopic (exact) mass is 478 g/mol. The molecule has 1 aliphatic heterocycles. The Morgan fingerprint density at radius 2 is 1.69 bits per heavy atom. The molecular weight excluding hydrogens is 460 g/mol. The van der Waals surface area contributed by atoms with Gasteiger partial charge in [0, 0.05) is 24.2 Å². The molecule has 0 N–H and O–H groups in total. The van der Waals surface area contributed by atoms with Crippen LogP contribution in [0, 0.1) is 0 Å². The van der Waals surface area contributed by atoms with Crippen LogP contribution >= 0.6 is 34.4 Å². The Kier molecular flexibility index (Phi) is 6.11. The second kappa shape index (κ2) is 9.32. The lowest BCUT2D eigenvalue weighted by Gasteiger charge is -2.15. The number of thiophene rings is 2. The molecule has 32 heavy (non-hydrogen) atoms. The minimum absolute atomic E-state index is 0.0158. The molecule has 6 nitrogen and oxygen atoms in total. The number of carbonyl (C=O) groups is 2. The van der Waals surface area contributed by atoms with Gasteiger partial charge in [-0.3, -0.25) is 9.59 Å². The summed E-state index contributed by atoms with van der Waals surface area (Å²) in [6.45, 7) is 0.736. The molecule has 0 unspecified atom stereocenters. The Morgan fingerprint density at radius 3 is 2.31 bits per heavy atom. The maximum Gasteiger partial charge on any atom is 0.227 e. The maximum absolute atomic E-state index is 12.7. The molecule has 4 aromatic rings. The molecule has 1 fully saturated rings. The zero-order valence-corrected chi connectivity index (χ0v) is 19.4. The number of carbonyl (C=O) groups excluding carboxylic acids is 2. The summed E-state index contributed by atoms with van der Waals surface area (Å²) in [5, 5.41) is 13.2. The van der Waals surface area contributed by atoms with Crippen molar-refractivity contribution in [3.63, 3.8) is 0 Å². The van der Waals surface area contributed by atoms with E-state index in [0.29, 0.717) is 17.1 Å². The van der Waals surface area contributed by atoms with Crippen LogP contribution in [0.4, 0.5) is 5.69 Å². The van der Waals surface area contributed by atoms with Gasteiger partial charge in [-0.2, -0.15) is 0 Å². The van der Waals surface area contributed by atoms with Crippen molar-refractivity contribution < 1.29 is 9.59 Å². The van der Waals surface area contributed by atoms with E-state index in [4.69, 9.17) is 4.98 Å². The lowest BCUT2D eigenvalue weighted by Crippen LogP contribution is -2.23. The average molecular weight is 479 g/mol. The first-order chi connectivity index (χ1) is 15.7. The van der Waals surface area contributed by atoms with E-state index in [9.17, 15) is 9.59 Å². The number of aromatic nitrogens is 3. The highest BCUT2D eigenvalue weighted by molar-refractivity contribution is 7.99. The number of Topliss-reactive ketones (excluding diaryl/α,β-unsaturated/α-hetero) is 1. The number of rotatable bonds is 7. The van der Waals surface area contributed by atoms with E-state index >= 15 is 0 Å². The molecule has 9 heteroatoms. The molecular formula is C23H18N4O2S3. The fourth-order valence-electron chi connectivity index (χ4n) is 3.50. The van der Waals surface area contributed by atoms with Gasteiger partial charge in [-0.05, 0) is 53.6 Å². The van der Waals surface area contributed by atoms with Crippen LogP contribution in [0.3, 0.4) is 0 Å². The van der Waals surface area contributed by atoms with Crippen molar-refractivity contribution in [1.82, 2.24) is 15.2 Å². The first-order valence-electron chi connectivity index (χ1n) is 10.1. The highest BCUT2D eigenvalue weighted by atomic mass is 32.2. The van der Waals surface area contributed by atoms with Crippen molar-refractivity contribution in [2.24, 2.45) is 0 Å². The van der Waals surface area contributed by atoms with E-state index in [2.05, 4.69) is 10.2 Å². The number of amides is 1. The lowest BCUT2D eigenvalue weighted by molar-refractivity contribution is -0.117. The fraction of sp³-hybridized carbons (Fsp3) is 0.174. The topological polar surface area (TPSA) is 76.1 Å². The third-order valence-corrected chi connectivity index (χ3v) is 7.67. The molecule has 1 aliphatic rings. The Balaban J connectivity index is 1.31. The smallest absolute Gasteiger partial charge is 0.227 e. The Bertz CT molecular complexity index is 1240. The summed E-state index contributed by atoms with van der Waals surface area (Å²) in [6, 6.07) is 15.2. The van der Waals surface area contributed by atoms with Crippen LogP contribution in [-0.4, -0.2) is 39.2 Å². The Labute approximate surface area is 197 Å². The van der Waals surface area contributed by atoms with Gasteiger partial charge in [-0.15, -0.1) is 32.9 Å². The van der Waals surface area contributed by atoms with Gasteiger partial charge < -0.3 is 4.90 Å². The number of anilines is 1. The standard InChI is InChI=1S/C23H18N4O2S3/c28-17(15-7-9-16(10-8-15)27-11-1-6-20(27)29)14-32-23-24-21(18-4-2-12-30-18)22(25-26-23)19-5-3-13-31-19/h2-5,7-10,12-13H,1,6,11,14H2. The molecule has 5 rings (SSSR count). The minimum atomic E-state index is -0.0158. The average Bonchev–Trinajstić information content (AvgIpc) is 3.60. The van der Waals surface area contributed by atoms with Gasteiger partial charge in [0.15, 0.2) is 5.78 Å². The summed E-state index contributed by atoms with van der Waals surface area (Å²) in [6.07, 6.45) is 1.47. The molecule has 160 valence electrons. The summed E-state index contributed by atoms with van der Waals surface area (Å²) in [4.78, 5) is 33.1. The third-order valence-electron chi connectivity index (χ3n) is 5.08. The van der Waals surface area contributed by atoms with Crippen LogP contribution in [0.25, 0.3) is 21.1 Å². The van der Waals surface area contributed by atoms with Crippen LogP contribution in [0.2, 0.25) is 0 Å². The Morgan fingerprint density at radius 1 is 0.969 bits per heavy atom. The van der Waals surface area contributed by atoms with Crippen molar-refractivity contribution in [1.29, 1.82) is 0 Å². The molecule has 0 radical (unpaired) electrons. The van der Waals surface area contributed by atoms with Crippen molar-refractivity contribution in [3.8, 4) is 21.1 Å². The molecule has 0 spiro atoms. The number of hydrogen-bond donors (Lipinski definition) is 0. The molecule has 0 saturated carbocycles. The van der Waals surface area contributed by atoms with Gasteiger partial charge in [-0.25, -0.2) is 4.98 Å². The highest BCUT2D eigenvalue weighted by Crippen LogP contribution is 2.34. The van der Waals surface area contributed by atoms with E-state index in [-0.39, 0.29) is 17.4 Å². The van der Waals surface area contributed by atoms with Crippen LogP contribution in [0.5, 0.6) is 0 Å². The van der Waals surface area contributed by atoms with Crippen molar-refractivity contribution in [2.75, 3.05) is 17.2 Å². The van der Waals surface area contributed by atoms with Crippen LogP contribution < -0.4 is 4.90 Å². The Hall–Kier alpha value is -2.88. The third kappa shape index (κ3) is 4.36. The van der Waals surface area contributed by atoms with E-state index in [1.54, 1.807) is 39.7 Å². The molecule has 1 saturated heterocycles. The van der Waals surface area contributed by atoms with E-state index in [1.165, 1.54) is 11.8 Å². The van der Waals surface area contributed by atoms with Gasteiger partial charge in [0.1, 0.15) is 11.4 Å². The number of nitrogens with zero attached hydrogens (tertiary/aromatic N) is 4. The summed E-state index contributed by atoms with van der Waals surface area (Å²) >= 11 is 4.48. The van der Waals surface area contributed by atoms with Crippen LogP contribution in [0.15, 0.2) is 64.4 Å².